The molecule has 4 rings (SSSR count). The monoisotopic (exact) mass is 364 g/mol. The summed E-state index contributed by atoms with van der Waals surface area (Å²) in [6.07, 6.45) is 14.3. The first-order chi connectivity index (χ1) is 12.4. The standard InChI is InChI=1S/C24H38F2/c1-16(7-12-22(25)26)19-10-11-20-18-9-8-17-6-4-5-14-23(17,2)21(18)13-15-24(19,20)3/h12,16-21H,4-11,13-15H2,1-3H3/t16-,17?,18+,19-,20+,21+,23+,24-/m1/s1. The summed E-state index contributed by atoms with van der Waals surface area (Å²) in [5, 5.41) is 0. The molecule has 8 atom stereocenters. The highest BCUT2D eigenvalue weighted by Gasteiger charge is 2.59. The van der Waals surface area contributed by atoms with Gasteiger partial charge in [0.05, 0.1) is 0 Å². The summed E-state index contributed by atoms with van der Waals surface area (Å²) in [6.45, 7) is 7.40. The molecule has 0 N–H and O–H groups in total. The second kappa shape index (κ2) is 6.89. The Morgan fingerprint density at radius 1 is 0.923 bits per heavy atom. The van der Waals surface area contributed by atoms with E-state index in [2.05, 4.69) is 20.8 Å². The smallest absolute Gasteiger partial charge is 0.174 e. The molecule has 0 amide bonds. The Hall–Kier alpha value is -0.400. The van der Waals surface area contributed by atoms with Crippen molar-refractivity contribution in [3.05, 3.63) is 12.2 Å². The molecular weight excluding hydrogens is 326 g/mol. The van der Waals surface area contributed by atoms with Crippen molar-refractivity contribution in [2.24, 2.45) is 46.3 Å². The summed E-state index contributed by atoms with van der Waals surface area (Å²) in [6, 6.07) is 0. The third-order valence-electron chi connectivity index (χ3n) is 9.99. The summed E-state index contributed by atoms with van der Waals surface area (Å²) in [5.41, 5.74) is 1.01. The highest BCUT2D eigenvalue weighted by atomic mass is 19.3. The second-order valence-corrected chi connectivity index (χ2v) is 10.8. The average Bonchev–Trinajstić information content (AvgIpc) is 2.96. The Bertz CT molecular complexity index is 550. The zero-order chi connectivity index (χ0) is 18.5. The Morgan fingerprint density at radius 2 is 1.69 bits per heavy atom. The molecule has 0 heterocycles. The lowest BCUT2D eigenvalue weighted by molar-refractivity contribution is -0.114. The number of rotatable bonds is 3. The van der Waals surface area contributed by atoms with Crippen molar-refractivity contribution in [1.82, 2.24) is 0 Å². The van der Waals surface area contributed by atoms with Gasteiger partial charge in [0.2, 0.25) is 0 Å². The van der Waals surface area contributed by atoms with E-state index in [-0.39, 0.29) is 0 Å². The largest absolute Gasteiger partial charge is 0.266 e. The van der Waals surface area contributed by atoms with Gasteiger partial charge < -0.3 is 0 Å². The van der Waals surface area contributed by atoms with Gasteiger partial charge in [-0.15, -0.1) is 0 Å². The molecule has 26 heavy (non-hydrogen) atoms. The molecule has 0 radical (unpaired) electrons. The third kappa shape index (κ3) is 2.89. The van der Waals surface area contributed by atoms with Gasteiger partial charge in [0.1, 0.15) is 0 Å². The average molecular weight is 365 g/mol. The van der Waals surface area contributed by atoms with Gasteiger partial charge in [0, 0.05) is 0 Å². The van der Waals surface area contributed by atoms with Gasteiger partial charge in [0.25, 0.3) is 6.08 Å². The predicted molar refractivity (Wildman–Crippen MR) is 104 cm³/mol. The Labute approximate surface area is 159 Å². The Kier molecular flexibility index (Phi) is 5.02. The fourth-order valence-electron chi connectivity index (χ4n) is 8.71. The van der Waals surface area contributed by atoms with Gasteiger partial charge in [-0.2, -0.15) is 8.78 Å². The van der Waals surface area contributed by atoms with E-state index in [0.717, 1.165) is 23.7 Å². The van der Waals surface area contributed by atoms with Crippen LogP contribution >= 0.6 is 0 Å². The van der Waals surface area contributed by atoms with Crippen LogP contribution in [-0.4, -0.2) is 0 Å². The minimum Gasteiger partial charge on any atom is -0.174 e. The lowest BCUT2D eigenvalue weighted by Crippen LogP contribution is -2.53. The summed E-state index contributed by atoms with van der Waals surface area (Å²) >= 11 is 0. The normalized spacial score (nSPS) is 48.9. The lowest BCUT2D eigenvalue weighted by atomic mass is 9.44. The van der Waals surface area contributed by atoms with Crippen LogP contribution < -0.4 is 0 Å². The van der Waals surface area contributed by atoms with Crippen molar-refractivity contribution >= 4 is 0 Å². The second-order valence-electron chi connectivity index (χ2n) is 10.8. The minimum absolute atomic E-state index is 0.393. The third-order valence-corrected chi connectivity index (χ3v) is 9.99. The van der Waals surface area contributed by atoms with E-state index in [0.29, 0.717) is 29.1 Å². The summed E-state index contributed by atoms with van der Waals surface area (Å²) in [4.78, 5) is 0. The highest BCUT2D eigenvalue weighted by molar-refractivity contribution is 5.09. The molecule has 4 saturated carbocycles. The molecule has 0 saturated heterocycles. The molecule has 0 aromatic heterocycles. The van der Waals surface area contributed by atoms with Gasteiger partial charge in [-0.25, -0.2) is 0 Å². The molecule has 0 aliphatic heterocycles. The van der Waals surface area contributed by atoms with Crippen molar-refractivity contribution in [2.45, 2.75) is 91.4 Å². The number of halogens is 2. The van der Waals surface area contributed by atoms with Crippen molar-refractivity contribution in [3.63, 3.8) is 0 Å². The van der Waals surface area contributed by atoms with Crippen molar-refractivity contribution in [2.75, 3.05) is 0 Å². The molecule has 0 bridgehead atoms. The van der Waals surface area contributed by atoms with E-state index in [1.54, 1.807) is 0 Å². The molecule has 4 aliphatic carbocycles. The molecule has 0 spiro atoms. The van der Waals surface area contributed by atoms with E-state index in [1.165, 1.54) is 70.3 Å². The van der Waals surface area contributed by atoms with Crippen LogP contribution in [0.5, 0.6) is 0 Å². The van der Waals surface area contributed by atoms with Crippen LogP contribution in [0, 0.1) is 46.3 Å². The lowest BCUT2D eigenvalue weighted by Gasteiger charge is -2.61. The summed E-state index contributed by atoms with van der Waals surface area (Å²) in [5.74, 6) is 4.73. The Morgan fingerprint density at radius 3 is 2.46 bits per heavy atom. The van der Waals surface area contributed by atoms with E-state index < -0.39 is 6.08 Å². The first-order valence-electron chi connectivity index (χ1n) is 11.4. The topological polar surface area (TPSA) is 0 Å². The highest BCUT2D eigenvalue weighted by Crippen LogP contribution is 2.68. The van der Waals surface area contributed by atoms with Crippen LogP contribution in [0.4, 0.5) is 8.78 Å². The van der Waals surface area contributed by atoms with Crippen LogP contribution in [0.3, 0.4) is 0 Å². The number of hydrogen-bond acceptors (Lipinski definition) is 0. The molecule has 4 aliphatic rings. The predicted octanol–water partition coefficient (Wildman–Crippen LogP) is 7.84. The summed E-state index contributed by atoms with van der Waals surface area (Å²) < 4.78 is 25.2. The SMILES string of the molecule is C[C@H](CC=C(F)F)[C@H]1CC[C@H]2[C@@H]3CCC4CCCC[C@]4(C)[C@H]3CC[C@]12C. The van der Waals surface area contributed by atoms with E-state index in [1.807, 2.05) is 0 Å². The van der Waals surface area contributed by atoms with E-state index >= 15 is 0 Å². The van der Waals surface area contributed by atoms with Gasteiger partial charge in [-0.1, -0.05) is 33.6 Å². The maximum Gasteiger partial charge on any atom is 0.266 e. The zero-order valence-electron chi connectivity index (χ0n) is 17.1. The molecular formula is C24H38F2. The number of allylic oxidation sites excluding steroid dienone is 1. The van der Waals surface area contributed by atoms with E-state index in [4.69, 9.17) is 0 Å². The molecule has 4 fully saturated rings. The molecule has 0 aromatic carbocycles. The minimum atomic E-state index is -1.50. The van der Waals surface area contributed by atoms with Crippen LogP contribution in [0.1, 0.15) is 91.4 Å². The van der Waals surface area contributed by atoms with Gasteiger partial charge in [-0.05, 0) is 110 Å². The number of hydrogen-bond donors (Lipinski definition) is 0. The van der Waals surface area contributed by atoms with Crippen LogP contribution in [-0.2, 0) is 0 Å². The molecule has 0 nitrogen and oxygen atoms in total. The fraction of sp³-hybridized carbons (Fsp3) is 0.917. The van der Waals surface area contributed by atoms with Crippen molar-refractivity contribution in [3.8, 4) is 0 Å². The molecule has 1 unspecified atom stereocenters. The Balaban J connectivity index is 1.53. The summed E-state index contributed by atoms with van der Waals surface area (Å²) in [7, 11) is 0. The zero-order valence-corrected chi connectivity index (χ0v) is 17.1. The maximum atomic E-state index is 12.6. The fourth-order valence-corrected chi connectivity index (χ4v) is 8.71. The molecule has 148 valence electrons. The van der Waals surface area contributed by atoms with Gasteiger partial charge in [-0.3, -0.25) is 0 Å². The van der Waals surface area contributed by atoms with Gasteiger partial charge in [0.15, 0.2) is 0 Å². The van der Waals surface area contributed by atoms with Crippen LogP contribution in [0.25, 0.3) is 0 Å². The van der Waals surface area contributed by atoms with Crippen LogP contribution in [0.2, 0.25) is 0 Å². The van der Waals surface area contributed by atoms with Crippen LogP contribution in [0.15, 0.2) is 12.2 Å². The van der Waals surface area contributed by atoms with E-state index in [9.17, 15) is 8.78 Å². The first-order valence-corrected chi connectivity index (χ1v) is 11.4. The number of fused-ring (bicyclic) bond motifs is 5. The van der Waals surface area contributed by atoms with Crippen molar-refractivity contribution < 1.29 is 8.78 Å². The van der Waals surface area contributed by atoms with Crippen molar-refractivity contribution in [1.29, 1.82) is 0 Å². The van der Waals surface area contributed by atoms with Gasteiger partial charge >= 0.3 is 0 Å². The molecule has 2 heteroatoms. The first kappa shape index (κ1) is 18.9. The maximum absolute atomic E-state index is 12.6. The quantitative estimate of drug-likeness (QED) is 0.478. The molecule has 0 aromatic rings.